The first-order chi connectivity index (χ1) is 9.01. The van der Waals surface area contributed by atoms with E-state index in [2.05, 4.69) is 0 Å². The first-order valence-electron chi connectivity index (χ1n) is 7.00. The highest BCUT2D eigenvalue weighted by molar-refractivity contribution is 7.92. The van der Waals surface area contributed by atoms with E-state index in [4.69, 9.17) is 0 Å². The molecule has 4 heteroatoms. The zero-order valence-electron chi connectivity index (χ0n) is 11.4. The molecule has 1 aliphatic rings. The Morgan fingerprint density at radius 3 is 2.21 bits per heavy atom. The number of aliphatic hydroxyl groups is 1. The molecule has 1 aromatic carbocycles. The van der Waals surface area contributed by atoms with Crippen molar-refractivity contribution in [2.45, 2.75) is 61.7 Å². The van der Waals surface area contributed by atoms with E-state index in [9.17, 15) is 13.5 Å². The van der Waals surface area contributed by atoms with Crippen molar-refractivity contribution in [3.8, 4) is 0 Å². The Bertz CT molecular complexity index is 505. The summed E-state index contributed by atoms with van der Waals surface area (Å²) in [7, 11) is -3.42. The molecule has 0 bridgehead atoms. The van der Waals surface area contributed by atoms with Crippen molar-refractivity contribution in [2.75, 3.05) is 0 Å². The second kappa shape index (κ2) is 6.06. The Labute approximate surface area is 115 Å². The van der Waals surface area contributed by atoms with Crippen molar-refractivity contribution in [2.24, 2.45) is 0 Å². The van der Waals surface area contributed by atoms with E-state index in [-0.39, 0.29) is 0 Å². The predicted molar refractivity (Wildman–Crippen MR) is 75.9 cm³/mol. The SMILES string of the molecule is Cc1ccc(S(=O)(=O)C2CCCCCCC2O)cc1. The van der Waals surface area contributed by atoms with Crippen LogP contribution in [0, 0.1) is 6.92 Å². The molecule has 2 atom stereocenters. The fourth-order valence-electron chi connectivity index (χ4n) is 2.70. The van der Waals surface area contributed by atoms with Crippen LogP contribution in [0.4, 0.5) is 0 Å². The van der Waals surface area contributed by atoms with Gasteiger partial charge in [-0.3, -0.25) is 0 Å². The van der Waals surface area contributed by atoms with Crippen LogP contribution >= 0.6 is 0 Å². The lowest BCUT2D eigenvalue weighted by molar-refractivity contribution is 0.144. The lowest BCUT2D eigenvalue weighted by Gasteiger charge is -2.25. The number of sulfone groups is 1. The number of aryl methyl sites for hydroxylation is 1. The van der Waals surface area contributed by atoms with Crippen LogP contribution in [0.2, 0.25) is 0 Å². The minimum absolute atomic E-state index is 0.336. The predicted octanol–water partition coefficient (Wildman–Crippen LogP) is 2.85. The van der Waals surface area contributed by atoms with Crippen LogP contribution in [-0.4, -0.2) is 24.9 Å². The number of hydrogen-bond donors (Lipinski definition) is 1. The second-order valence-corrected chi connectivity index (χ2v) is 7.62. The van der Waals surface area contributed by atoms with Crippen LogP contribution in [0.1, 0.15) is 44.1 Å². The fourth-order valence-corrected chi connectivity index (χ4v) is 4.59. The summed E-state index contributed by atoms with van der Waals surface area (Å²) in [6.45, 7) is 1.93. The molecule has 2 unspecified atom stereocenters. The smallest absolute Gasteiger partial charge is 0.183 e. The van der Waals surface area contributed by atoms with Crippen LogP contribution in [0.3, 0.4) is 0 Å². The molecule has 0 amide bonds. The Morgan fingerprint density at radius 1 is 1.00 bits per heavy atom. The Hall–Kier alpha value is -0.870. The van der Waals surface area contributed by atoms with Gasteiger partial charge in [0.2, 0.25) is 0 Å². The van der Waals surface area contributed by atoms with E-state index < -0.39 is 21.2 Å². The molecular formula is C15H22O3S. The van der Waals surface area contributed by atoms with E-state index in [1.165, 1.54) is 0 Å². The third-order valence-electron chi connectivity index (χ3n) is 3.92. The molecule has 1 N–H and O–H groups in total. The highest BCUT2D eigenvalue weighted by Crippen LogP contribution is 2.27. The highest BCUT2D eigenvalue weighted by atomic mass is 32.2. The Morgan fingerprint density at radius 2 is 1.58 bits per heavy atom. The van der Waals surface area contributed by atoms with Crippen LogP contribution in [-0.2, 0) is 9.84 Å². The molecule has 0 aliphatic heterocycles. The van der Waals surface area contributed by atoms with E-state index in [1.54, 1.807) is 12.1 Å². The van der Waals surface area contributed by atoms with Gasteiger partial charge in [-0.1, -0.05) is 43.4 Å². The van der Waals surface area contributed by atoms with Gasteiger partial charge in [0.05, 0.1) is 16.2 Å². The van der Waals surface area contributed by atoms with Crippen molar-refractivity contribution in [3.05, 3.63) is 29.8 Å². The molecule has 1 aromatic rings. The zero-order chi connectivity index (χ0) is 13.9. The summed E-state index contributed by atoms with van der Waals surface area (Å²) in [5.41, 5.74) is 1.04. The van der Waals surface area contributed by atoms with Gasteiger partial charge < -0.3 is 5.11 Å². The summed E-state index contributed by atoms with van der Waals surface area (Å²) < 4.78 is 25.2. The maximum absolute atomic E-state index is 12.6. The molecular weight excluding hydrogens is 260 g/mol. The topological polar surface area (TPSA) is 54.4 Å². The molecule has 3 nitrogen and oxygen atoms in total. The van der Waals surface area contributed by atoms with Crippen LogP contribution in [0.15, 0.2) is 29.2 Å². The van der Waals surface area contributed by atoms with Gasteiger partial charge in [0.25, 0.3) is 0 Å². The molecule has 0 saturated heterocycles. The van der Waals surface area contributed by atoms with Crippen molar-refractivity contribution in [1.29, 1.82) is 0 Å². The minimum Gasteiger partial charge on any atom is -0.392 e. The molecule has 0 aromatic heterocycles. The summed E-state index contributed by atoms with van der Waals surface area (Å²) in [5, 5.41) is 9.50. The Balaban J connectivity index is 2.28. The van der Waals surface area contributed by atoms with E-state index >= 15 is 0 Å². The van der Waals surface area contributed by atoms with E-state index in [0.717, 1.165) is 31.2 Å². The lowest BCUT2D eigenvalue weighted by atomic mass is 9.98. The van der Waals surface area contributed by atoms with Gasteiger partial charge >= 0.3 is 0 Å². The van der Waals surface area contributed by atoms with Crippen LogP contribution in [0.5, 0.6) is 0 Å². The molecule has 0 spiro atoms. The normalized spacial score (nSPS) is 25.6. The monoisotopic (exact) mass is 282 g/mol. The van der Waals surface area contributed by atoms with Crippen molar-refractivity contribution in [3.63, 3.8) is 0 Å². The van der Waals surface area contributed by atoms with Crippen LogP contribution in [0.25, 0.3) is 0 Å². The molecule has 1 fully saturated rings. The molecule has 2 rings (SSSR count). The highest BCUT2D eigenvalue weighted by Gasteiger charge is 2.33. The van der Waals surface area contributed by atoms with Gasteiger partial charge in [0, 0.05) is 0 Å². The third-order valence-corrected chi connectivity index (χ3v) is 6.19. The largest absolute Gasteiger partial charge is 0.392 e. The summed E-state index contributed by atoms with van der Waals surface area (Å²) >= 11 is 0. The maximum Gasteiger partial charge on any atom is 0.183 e. The van der Waals surface area contributed by atoms with E-state index in [1.807, 2.05) is 19.1 Å². The Kier molecular flexibility index (Phi) is 4.63. The summed E-state index contributed by atoms with van der Waals surface area (Å²) in [6, 6.07) is 6.91. The second-order valence-electron chi connectivity index (χ2n) is 5.46. The lowest BCUT2D eigenvalue weighted by Crippen LogP contribution is -2.35. The average Bonchev–Trinajstić information content (AvgIpc) is 2.34. The van der Waals surface area contributed by atoms with Gasteiger partial charge in [-0.05, 0) is 31.9 Å². The summed E-state index contributed by atoms with van der Waals surface area (Å²) in [4.78, 5) is 0.336. The number of aliphatic hydroxyl groups excluding tert-OH is 1. The van der Waals surface area contributed by atoms with Crippen molar-refractivity contribution >= 4 is 9.84 Å². The zero-order valence-corrected chi connectivity index (χ0v) is 12.2. The molecule has 0 radical (unpaired) electrons. The molecule has 106 valence electrons. The first-order valence-corrected chi connectivity index (χ1v) is 8.55. The third kappa shape index (κ3) is 3.37. The van der Waals surface area contributed by atoms with Gasteiger partial charge in [0.15, 0.2) is 9.84 Å². The minimum atomic E-state index is -3.42. The quantitative estimate of drug-likeness (QED) is 0.907. The van der Waals surface area contributed by atoms with Crippen LogP contribution < -0.4 is 0 Å². The number of rotatable bonds is 2. The van der Waals surface area contributed by atoms with Crippen molar-refractivity contribution in [1.82, 2.24) is 0 Å². The van der Waals surface area contributed by atoms with Gasteiger partial charge in [-0.2, -0.15) is 0 Å². The average molecular weight is 282 g/mol. The molecule has 1 saturated carbocycles. The van der Waals surface area contributed by atoms with Gasteiger partial charge in [-0.25, -0.2) is 8.42 Å². The standard InChI is InChI=1S/C15H22O3S/c1-12-8-10-13(11-9-12)19(17,18)15-7-5-3-2-4-6-14(15)16/h8-11,14-16H,2-7H2,1H3. The summed E-state index contributed by atoms with van der Waals surface area (Å²) in [6.07, 6.45) is 4.38. The summed E-state index contributed by atoms with van der Waals surface area (Å²) in [5.74, 6) is 0. The fraction of sp³-hybridized carbons (Fsp3) is 0.600. The first kappa shape index (κ1) is 14.5. The molecule has 19 heavy (non-hydrogen) atoms. The molecule has 0 heterocycles. The van der Waals surface area contributed by atoms with Gasteiger partial charge in [0.1, 0.15) is 0 Å². The van der Waals surface area contributed by atoms with Gasteiger partial charge in [-0.15, -0.1) is 0 Å². The maximum atomic E-state index is 12.6. The van der Waals surface area contributed by atoms with Crippen molar-refractivity contribution < 1.29 is 13.5 Å². The number of hydrogen-bond acceptors (Lipinski definition) is 3. The van der Waals surface area contributed by atoms with E-state index in [0.29, 0.717) is 17.7 Å². The molecule has 1 aliphatic carbocycles. The number of benzene rings is 1.